The van der Waals surface area contributed by atoms with E-state index in [4.69, 9.17) is 0 Å². The molecule has 3 aromatic rings. The lowest BCUT2D eigenvalue weighted by Gasteiger charge is -2.11. The molecule has 1 heterocycles. The number of amides is 1. The van der Waals surface area contributed by atoms with Gasteiger partial charge in [0.05, 0.1) is 5.75 Å². The van der Waals surface area contributed by atoms with E-state index < -0.39 is 0 Å². The first-order valence-corrected chi connectivity index (χ1v) is 10.6. The molecular weight excluding hydrogens is 368 g/mol. The Balaban J connectivity index is 1.88. The van der Waals surface area contributed by atoms with Gasteiger partial charge in [-0.2, -0.15) is 0 Å². The van der Waals surface area contributed by atoms with Crippen molar-refractivity contribution < 1.29 is 4.79 Å². The maximum atomic E-state index is 12.1. The van der Waals surface area contributed by atoms with Gasteiger partial charge >= 0.3 is 0 Å². The molecule has 0 atom stereocenters. The van der Waals surface area contributed by atoms with E-state index in [1.165, 1.54) is 22.9 Å². The molecule has 2 aromatic carbocycles. The van der Waals surface area contributed by atoms with Crippen LogP contribution in [0.5, 0.6) is 0 Å². The third-order valence-corrected chi connectivity index (χ3v) is 5.35. The van der Waals surface area contributed by atoms with Crippen LogP contribution in [0.15, 0.2) is 53.7 Å². The fraction of sp³-hybridized carbons (Fsp3) is 0.318. The van der Waals surface area contributed by atoms with Gasteiger partial charge in [-0.1, -0.05) is 72.6 Å². The lowest BCUT2D eigenvalue weighted by molar-refractivity contribution is -0.118. The molecule has 6 heteroatoms. The normalized spacial score (nSPS) is 10.8. The number of thioether (sulfide) groups is 1. The Labute approximate surface area is 170 Å². The van der Waals surface area contributed by atoms with Gasteiger partial charge in [-0.15, -0.1) is 10.2 Å². The summed E-state index contributed by atoms with van der Waals surface area (Å²) in [6.07, 6.45) is 2.06. The molecule has 0 aliphatic rings. The summed E-state index contributed by atoms with van der Waals surface area (Å²) in [4.78, 5) is 12.1. The highest BCUT2D eigenvalue weighted by Crippen LogP contribution is 2.28. The molecule has 5 nitrogen and oxygen atoms in total. The molecule has 0 bridgehead atoms. The molecule has 0 aliphatic heterocycles. The topological polar surface area (TPSA) is 59.8 Å². The van der Waals surface area contributed by atoms with Crippen LogP contribution in [0.4, 0.5) is 0 Å². The molecule has 0 radical (unpaired) electrons. The highest BCUT2D eigenvalue weighted by Gasteiger charge is 2.17. The Morgan fingerprint density at radius 1 is 1.00 bits per heavy atom. The van der Waals surface area contributed by atoms with E-state index in [9.17, 15) is 4.79 Å². The second-order valence-corrected chi connectivity index (χ2v) is 7.78. The molecule has 1 N–H and O–H groups in total. The predicted molar refractivity (Wildman–Crippen MR) is 115 cm³/mol. The van der Waals surface area contributed by atoms with Crippen molar-refractivity contribution in [1.29, 1.82) is 0 Å². The number of unbranched alkanes of at least 4 members (excludes halogenated alkanes) is 1. The number of aromatic nitrogens is 3. The Morgan fingerprint density at radius 2 is 1.64 bits per heavy atom. The average Bonchev–Trinajstić information content (AvgIpc) is 3.12. The fourth-order valence-electron chi connectivity index (χ4n) is 2.77. The van der Waals surface area contributed by atoms with Gasteiger partial charge in [-0.05, 0) is 32.4 Å². The van der Waals surface area contributed by atoms with E-state index in [2.05, 4.69) is 84.8 Å². The SMILES string of the molecule is CCCCNC(=O)CSc1nnc(-c2ccc(C)cc2)n1-c1ccc(C)cc1. The van der Waals surface area contributed by atoms with Crippen LogP contribution < -0.4 is 5.32 Å². The summed E-state index contributed by atoms with van der Waals surface area (Å²) >= 11 is 1.41. The van der Waals surface area contributed by atoms with Gasteiger partial charge in [-0.25, -0.2) is 0 Å². The van der Waals surface area contributed by atoms with Gasteiger partial charge in [0.25, 0.3) is 0 Å². The molecular formula is C22H26N4OS. The Morgan fingerprint density at radius 3 is 2.29 bits per heavy atom. The van der Waals surface area contributed by atoms with Crippen LogP contribution >= 0.6 is 11.8 Å². The predicted octanol–water partition coefficient (Wildman–Crippen LogP) is 4.56. The summed E-state index contributed by atoms with van der Waals surface area (Å²) in [7, 11) is 0. The van der Waals surface area contributed by atoms with E-state index in [0.717, 1.165) is 36.5 Å². The molecule has 28 heavy (non-hydrogen) atoms. The summed E-state index contributed by atoms with van der Waals surface area (Å²) in [5.41, 5.74) is 4.37. The van der Waals surface area contributed by atoms with Crippen molar-refractivity contribution in [3.8, 4) is 17.1 Å². The van der Waals surface area contributed by atoms with Crippen LogP contribution in [0.2, 0.25) is 0 Å². The number of hydrogen-bond donors (Lipinski definition) is 1. The summed E-state index contributed by atoms with van der Waals surface area (Å²) in [6.45, 7) is 6.95. The number of rotatable bonds is 8. The quantitative estimate of drug-likeness (QED) is 0.449. The van der Waals surface area contributed by atoms with E-state index in [-0.39, 0.29) is 5.91 Å². The third-order valence-electron chi connectivity index (χ3n) is 4.42. The van der Waals surface area contributed by atoms with Crippen molar-refractivity contribution in [1.82, 2.24) is 20.1 Å². The molecule has 1 aromatic heterocycles. The first-order chi connectivity index (χ1) is 13.6. The highest BCUT2D eigenvalue weighted by molar-refractivity contribution is 7.99. The van der Waals surface area contributed by atoms with E-state index in [1.807, 2.05) is 4.57 Å². The Hall–Kier alpha value is -2.60. The second-order valence-electron chi connectivity index (χ2n) is 6.84. The van der Waals surface area contributed by atoms with Gasteiger partial charge in [-0.3, -0.25) is 9.36 Å². The largest absolute Gasteiger partial charge is 0.355 e. The third kappa shape index (κ3) is 5.01. The van der Waals surface area contributed by atoms with Crippen LogP contribution in [-0.2, 0) is 4.79 Å². The summed E-state index contributed by atoms with van der Waals surface area (Å²) < 4.78 is 2.02. The maximum absolute atomic E-state index is 12.1. The van der Waals surface area contributed by atoms with Crippen LogP contribution in [0, 0.1) is 13.8 Å². The van der Waals surface area contributed by atoms with Crippen molar-refractivity contribution in [3.05, 3.63) is 59.7 Å². The molecule has 0 aliphatic carbocycles. The van der Waals surface area contributed by atoms with Gasteiger partial charge in [0.1, 0.15) is 0 Å². The van der Waals surface area contributed by atoms with E-state index in [1.54, 1.807) is 0 Å². The zero-order chi connectivity index (χ0) is 19.9. The minimum atomic E-state index is 0.0220. The van der Waals surface area contributed by atoms with Crippen LogP contribution in [0.1, 0.15) is 30.9 Å². The minimum absolute atomic E-state index is 0.0220. The smallest absolute Gasteiger partial charge is 0.230 e. The summed E-state index contributed by atoms with van der Waals surface area (Å²) in [5, 5.41) is 12.5. The molecule has 146 valence electrons. The van der Waals surface area contributed by atoms with Crippen molar-refractivity contribution in [2.75, 3.05) is 12.3 Å². The fourth-order valence-corrected chi connectivity index (χ4v) is 3.55. The van der Waals surface area contributed by atoms with Crippen LogP contribution in [-0.4, -0.2) is 33.0 Å². The zero-order valence-corrected chi connectivity index (χ0v) is 17.4. The molecule has 0 fully saturated rings. The molecule has 3 rings (SSSR count). The van der Waals surface area contributed by atoms with Crippen molar-refractivity contribution in [2.45, 2.75) is 38.8 Å². The molecule has 0 unspecified atom stereocenters. The Kier molecular flexibility index (Phi) is 6.87. The average molecular weight is 395 g/mol. The number of carbonyl (C=O) groups excluding carboxylic acids is 1. The van der Waals surface area contributed by atoms with Crippen molar-refractivity contribution >= 4 is 17.7 Å². The lowest BCUT2D eigenvalue weighted by Crippen LogP contribution is -2.26. The zero-order valence-electron chi connectivity index (χ0n) is 16.6. The number of nitrogens with zero attached hydrogens (tertiary/aromatic N) is 3. The van der Waals surface area contributed by atoms with Crippen LogP contribution in [0.25, 0.3) is 17.1 Å². The highest BCUT2D eigenvalue weighted by atomic mass is 32.2. The van der Waals surface area contributed by atoms with Gasteiger partial charge in [0.2, 0.25) is 5.91 Å². The molecule has 0 spiro atoms. The monoisotopic (exact) mass is 394 g/mol. The Bertz CT molecular complexity index is 917. The van der Waals surface area contributed by atoms with Crippen LogP contribution in [0.3, 0.4) is 0 Å². The van der Waals surface area contributed by atoms with Gasteiger partial charge in [0.15, 0.2) is 11.0 Å². The number of aryl methyl sites for hydroxylation is 2. The standard InChI is InChI=1S/C22H26N4OS/c1-4-5-14-23-20(27)15-28-22-25-24-21(18-10-6-16(2)7-11-18)26(22)19-12-8-17(3)9-13-19/h6-13H,4-5,14-15H2,1-3H3,(H,23,27). The van der Waals surface area contributed by atoms with E-state index >= 15 is 0 Å². The first-order valence-electron chi connectivity index (χ1n) is 9.57. The molecule has 0 saturated heterocycles. The maximum Gasteiger partial charge on any atom is 0.230 e. The van der Waals surface area contributed by atoms with Gasteiger partial charge < -0.3 is 5.32 Å². The second kappa shape index (κ2) is 9.55. The van der Waals surface area contributed by atoms with E-state index in [0.29, 0.717) is 10.9 Å². The summed E-state index contributed by atoms with van der Waals surface area (Å²) in [5.74, 6) is 1.12. The minimum Gasteiger partial charge on any atom is -0.355 e. The summed E-state index contributed by atoms with van der Waals surface area (Å²) in [6, 6.07) is 16.5. The van der Waals surface area contributed by atoms with Crippen molar-refractivity contribution in [2.24, 2.45) is 0 Å². The van der Waals surface area contributed by atoms with Gasteiger partial charge in [0, 0.05) is 17.8 Å². The number of benzene rings is 2. The number of hydrogen-bond acceptors (Lipinski definition) is 4. The molecule has 1 amide bonds. The lowest BCUT2D eigenvalue weighted by atomic mass is 10.1. The first kappa shape index (κ1) is 20.1. The molecule has 0 saturated carbocycles. The number of nitrogens with one attached hydrogen (secondary N) is 1. The number of carbonyl (C=O) groups is 1. The van der Waals surface area contributed by atoms with Crippen molar-refractivity contribution in [3.63, 3.8) is 0 Å².